The van der Waals surface area contributed by atoms with Gasteiger partial charge in [-0.25, -0.2) is 0 Å². The van der Waals surface area contributed by atoms with Crippen LogP contribution in [0.4, 0.5) is 0 Å². The van der Waals surface area contributed by atoms with E-state index in [0.717, 1.165) is 64.9 Å². The number of likely N-dealkylation sites (tertiary alicyclic amines) is 1. The number of carbonyl (C=O) groups is 1. The molecule has 0 bridgehead atoms. The van der Waals surface area contributed by atoms with Gasteiger partial charge in [-0.05, 0) is 66.7 Å². The molecule has 0 radical (unpaired) electrons. The highest BCUT2D eigenvalue weighted by molar-refractivity contribution is 6.36. The zero-order chi connectivity index (χ0) is 23.7. The van der Waals surface area contributed by atoms with Crippen molar-refractivity contribution in [3.05, 3.63) is 94.0 Å². The largest absolute Gasteiger partial charge is 0.368 e. The van der Waals surface area contributed by atoms with Crippen molar-refractivity contribution in [2.45, 2.75) is 31.8 Å². The minimum absolute atomic E-state index is 0.151. The van der Waals surface area contributed by atoms with Gasteiger partial charge in [-0.3, -0.25) is 9.69 Å². The maximum atomic E-state index is 12.0. The average Bonchev–Trinajstić information content (AvgIpc) is 3.13. The number of carbonyl (C=O) groups excluding carboxylic acids is 1. The van der Waals surface area contributed by atoms with E-state index < -0.39 is 0 Å². The van der Waals surface area contributed by atoms with Crippen LogP contribution < -0.4 is 5.73 Å². The molecule has 1 aliphatic heterocycles. The van der Waals surface area contributed by atoms with Crippen molar-refractivity contribution < 1.29 is 4.79 Å². The van der Waals surface area contributed by atoms with Gasteiger partial charge in [0.1, 0.15) is 6.54 Å². The molecule has 0 aliphatic carbocycles. The summed E-state index contributed by atoms with van der Waals surface area (Å²) in [6, 6.07) is 24.3. The second-order valence-electron chi connectivity index (χ2n) is 8.95. The standard InChI is InChI=1S/C28H27Cl2N3O/c29-23-10-6-11-24(30)27(23)19-13-15-32(16-14-19)17-22-21-9-4-5-12-25(21)33(18-26(31)34)28(22)20-7-2-1-3-8-20/h1-12,19H,13-18H2,(H2,31,34). The SMILES string of the molecule is NC(=O)Cn1c(-c2ccccc2)c(CN2CCC(c3c(Cl)cccc3Cl)CC2)c2ccccc21. The fourth-order valence-electron chi connectivity index (χ4n) is 5.29. The van der Waals surface area contributed by atoms with Crippen molar-refractivity contribution >= 4 is 40.0 Å². The molecule has 34 heavy (non-hydrogen) atoms. The molecule has 4 aromatic rings. The van der Waals surface area contributed by atoms with Crippen LogP contribution in [-0.4, -0.2) is 28.5 Å². The Morgan fingerprint density at radius 2 is 1.53 bits per heavy atom. The van der Waals surface area contributed by atoms with Gasteiger partial charge in [0.05, 0.1) is 5.69 Å². The number of nitrogens with zero attached hydrogens (tertiary/aromatic N) is 2. The lowest BCUT2D eigenvalue weighted by atomic mass is 9.89. The van der Waals surface area contributed by atoms with Gasteiger partial charge in [0, 0.05) is 27.5 Å². The molecule has 1 amide bonds. The summed E-state index contributed by atoms with van der Waals surface area (Å²) in [6.45, 7) is 2.86. The highest BCUT2D eigenvalue weighted by Gasteiger charge is 2.27. The minimum atomic E-state index is -0.345. The van der Waals surface area contributed by atoms with E-state index in [2.05, 4.69) is 39.8 Å². The van der Waals surface area contributed by atoms with Crippen molar-refractivity contribution in [2.24, 2.45) is 5.73 Å². The lowest BCUT2D eigenvalue weighted by Crippen LogP contribution is -2.32. The predicted octanol–water partition coefficient (Wildman–Crippen LogP) is 6.48. The van der Waals surface area contributed by atoms with Gasteiger partial charge in [-0.1, -0.05) is 77.8 Å². The van der Waals surface area contributed by atoms with E-state index in [0.29, 0.717) is 5.92 Å². The second-order valence-corrected chi connectivity index (χ2v) is 9.76. The zero-order valence-electron chi connectivity index (χ0n) is 18.9. The highest BCUT2D eigenvalue weighted by atomic mass is 35.5. The summed E-state index contributed by atoms with van der Waals surface area (Å²) in [5.74, 6) is 0.0177. The third kappa shape index (κ3) is 4.46. The summed E-state index contributed by atoms with van der Waals surface area (Å²) >= 11 is 13.0. The first-order valence-electron chi connectivity index (χ1n) is 11.6. The monoisotopic (exact) mass is 491 g/mol. The molecule has 5 rings (SSSR count). The number of fused-ring (bicyclic) bond motifs is 1. The summed E-state index contributed by atoms with van der Waals surface area (Å²) in [5.41, 5.74) is 11.2. The molecule has 1 aromatic heterocycles. The Morgan fingerprint density at radius 1 is 0.882 bits per heavy atom. The van der Waals surface area contributed by atoms with Gasteiger partial charge in [-0.2, -0.15) is 0 Å². The molecule has 2 heterocycles. The molecule has 0 saturated carbocycles. The predicted molar refractivity (Wildman–Crippen MR) is 140 cm³/mol. The Hall–Kier alpha value is -2.79. The summed E-state index contributed by atoms with van der Waals surface area (Å²) < 4.78 is 2.07. The van der Waals surface area contributed by atoms with E-state index in [1.807, 2.05) is 42.5 Å². The van der Waals surface area contributed by atoms with Gasteiger partial charge in [0.25, 0.3) is 0 Å². The molecule has 1 saturated heterocycles. The molecule has 2 N–H and O–H groups in total. The Labute approximate surface area is 209 Å². The topological polar surface area (TPSA) is 51.3 Å². The molecule has 3 aromatic carbocycles. The van der Waals surface area contributed by atoms with Crippen LogP contribution in [0.1, 0.15) is 29.9 Å². The molecule has 0 unspecified atom stereocenters. The fourth-order valence-corrected chi connectivity index (χ4v) is 5.99. The molecule has 0 spiro atoms. The highest BCUT2D eigenvalue weighted by Crippen LogP contribution is 2.39. The Balaban J connectivity index is 1.48. The van der Waals surface area contributed by atoms with E-state index >= 15 is 0 Å². The van der Waals surface area contributed by atoms with E-state index in [9.17, 15) is 4.79 Å². The lowest BCUT2D eigenvalue weighted by Gasteiger charge is -2.33. The second kappa shape index (κ2) is 9.83. The normalized spacial score (nSPS) is 15.1. The smallest absolute Gasteiger partial charge is 0.237 e. The van der Waals surface area contributed by atoms with Crippen LogP contribution in [0.2, 0.25) is 10.0 Å². The number of hydrogen-bond acceptors (Lipinski definition) is 2. The summed E-state index contributed by atoms with van der Waals surface area (Å²) in [5, 5.41) is 2.68. The number of aromatic nitrogens is 1. The van der Waals surface area contributed by atoms with Crippen LogP contribution in [0.3, 0.4) is 0 Å². The van der Waals surface area contributed by atoms with Gasteiger partial charge in [0.15, 0.2) is 0 Å². The van der Waals surface area contributed by atoms with Gasteiger partial charge in [-0.15, -0.1) is 0 Å². The number of amides is 1. The molecule has 6 heteroatoms. The maximum absolute atomic E-state index is 12.0. The summed E-state index contributed by atoms with van der Waals surface area (Å²) in [6.07, 6.45) is 2.01. The van der Waals surface area contributed by atoms with Crippen molar-refractivity contribution in [1.29, 1.82) is 0 Å². The van der Waals surface area contributed by atoms with Crippen LogP contribution in [-0.2, 0) is 17.9 Å². The quantitative estimate of drug-likeness (QED) is 0.335. The van der Waals surface area contributed by atoms with Crippen molar-refractivity contribution in [1.82, 2.24) is 9.47 Å². The average molecular weight is 492 g/mol. The van der Waals surface area contributed by atoms with E-state index in [4.69, 9.17) is 28.9 Å². The van der Waals surface area contributed by atoms with Crippen LogP contribution in [0, 0.1) is 0 Å². The third-order valence-corrected chi connectivity index (χ3v) is 7.47. The first kappa shape index (κ1) is 23.0. The maximum Gasteiger partial charge on any atom is 0.237 e. The van der Waals surface area contributed by atoms with E-state index in [1.54, 1.807) is 0 Å². The number of para-hydroxylation sites is 1. The Morgan fingerprint density at radius 3 is 2.21 bits per heavy atom. The van der Waals surface area contributed by atoms with Crippen LogP contribution in [0.25, 0.3) is 22.2 Å². The van der Waals surface area contributed by atoms with Gasteiger partial charge >= 0.3 is 0 Å². The van der Waals surface area contributed by atoms with Crippen LogP contribution >= 0.6 is 23.2 Å². The first-order valence-corrected chi connectivity index (χ1v) is 12.4. The number of piperidine rings is 1. The van der Waals surface area contributed by atoms with Gasteiger partial charge < -0.3 is 10.3 Å². The fraction of sp³-hybridized carbons (Fsp3) is 0.250. The number of benzene rings is 3. The summed E-state index contributed by atoms with van der Waals surface area (Å²) in [7, 11) is 0. The van der Waals surface area contributed by atoms with E-state index in [-0.39, 0.29) is 12.5 Å². The van der Waals surface area contributed by atoms with Crippen molar-refractivity contribution in [3.63, 3.8) is 0 Å². The molecular weight excluding hydrogens is 465 g/mol. The summed E-state index contributed by atoms with van der Waals surface area (Å²) in [4.78, 5) is 14.5. The van der Waals surface area contributed by atoms with Crippen molar-refractivity contribution in [2.75, 3.05) is 13.1 Å². The van der Waals surface area contributed by atoms with E-state index in [1.165, 1.54) is 10.9 Å². The molecule has 4 nitrogen and oxygen atoms in total. The zero-order valence-corrected chi connectivity index (χ0v) is 20.4. The third-order valence-electron chi connectivity index (χ3n) is 6.81. The first-order chi connectivity index (χ1) is 16.5. The number of nitrogens with two attached hydrogens (primary N) is 1. The van der Waals surface area contributed by atoms with Gasteiger partial charge in [0.2, 0.25) is 5.91 Å². The minimum Gasteiger partial charge on any atom is -0.368 e. The molecule has 0 atom stereocenters. The number of hydrogen-bond donors (Lipinski definition) is 1. The molecular formula is C28H27Cl2N3O. The van der Waals surface area contributed by atoms with Crippen LogP contribution in [0.5, 0.6) is 0 Å². The van der Waals surface area contributed by atoms with Crippen LogP contribution in [0.15, 0.2) is 72.8 Å². The lowest BCUT2D eigenvalue weighted by molar-refractivity contribution is -0.118. The Kier molecular flexibility index (Phi) is 6.64. The number of halogens is 2. The number of primary amides is 1. The van der Waals surface area contributed by atoms with Crippen molar-refractivity contribution in [3.8, 4) is 11.3 Å². The Bertz CT molecular complexity index is 1300. The molecule has 174 valence electrons. The molecule has 1 fully saturated rings. The molecule has 1 aliphatic rings. The number of rotatable bonds is 6.